The van der Waals surface area contributed by atoms with Crippen molar-refractivity contribution in [2.75, 3.05) is 5.32 Å². The van der Waals surface area contributed by atoms with Gasteiger partial charge in [0.2, 0.25) is 10.0 Å². The molecule has 7 heteroatoms. The summed E-state index contributed by atoms with van der Waals surface area (Å²) in [5, 5.41) is 4.43. The highest BCUT2D eigenvalue weighted by atomic mass is 32.2. The molecular weight excluding hydrogens is 516 g/mol. The first-order valence-electron chi connectivity index (χ1n) is 13.6. The largest absolute Gasteiger partial charge is 0.365 e. The lowest BCUT2D eigenvalue weighted by Gasteiger charge is -2.22. The molecule has 0 amide bonds. The third-order valence-corrected chi connectivity index (χ3v) is 9.12. The molecule has 0 spiro atoms. The summed E-state index contributed by atoms with van der Waals surface area (Å²) in [6.07, 6.45) is 3.41. The second kappa shape index (κ2) is 11.2. The fraction of sp³-hybridized carbons (Fsp3) is 0.212. The van der Waals surface area contributed by atoms with Crippen LogP contribution in [0.5, 0.6) is 0 Å². The molecular formula is C33H32N4O2S. The molecule has 4 aromatic carbocycles. The molecule has 0 radical (unpaired) electrons. The van der Waals surface area contributed by atoms with Gasteiger partial charge in [-0.05, 0) is 65.8 Å². The number of fused-ring (bicyclic) bond motifs is 1. The van der Waals surface area contributed by atoms with Gasteiger partial charge in [0.1, 0.15) is 12.1 Å². The number of aryl methyl sites for hydroxylation is 1. The van der Waals surface area contributed by atoms with Gasteiger partial charge in [0.25, 0.3) is 0 Å². The molecule has 6 rings (SSSR count). The van der Waals surface area contributed by atoms with Crippen LogP contribution in [-0.2, 0) is 28.9 Å². The highest BCUT2D eigenvalue weighted by Crippen LogP contribution is 2.33. The Bertz CT molecular complexity index is 1750. The van der Waals surface area contributed by atoms with Crippen molar-refractivity contribution in [3.05, 3.63) is 126 Å². The van der Waals surface area contributed by atoms with E-state index in [9.17, 15) is 8.42 Å². The van der Waals surface area contributed by atoms with Crippen molar-refractivity contribution in [1.82, 2.24) is 14.3 Å². The molecule has 1 N–H and O–H groups in total. The summed E-state index contributed by atoms with van der Waals surface area (Å²) in [4.78, 5) is 8.99. The lowest BCUT2D eigenvalue weighted by molar-refractivity contribution is 0.398. The number of hydrogen-bond donors (Lipinski definition) is 1. The Morgan fingerprint density at radius 1 is 0.800 bits per heavy atom. The van der Waals surface area contributed by atoms with Gasteiger partial charge in [-0.1, -0.05) is 84.4 Å². The van der Waals surface area contributed by atoms with E-state index in [0.717, 1.165) is 51.8 Å². The molecule has 1 aliphatic rings. The van der Waals surface area contributed by atoms with E-state index in [1.54, 1.807) is 10.6 Å². The minimum Gasteiger partial charge on any atom is -0.365 e. The molecule has 0 bridgehead atoms. The monoisotopic (exact) mass is 548 g/mol. The van der Waals surface area contributed by atoms with Crippen LogP contribution in [0.2, 0.25) is 0 Å². The molecule has 0 saturated heterocycles. The van der Waals surface area contributed by atoms with Gasteiger partial charge >= 0.3 is 0 Å². The van der Waals surface area contributed by atoms with Crippen LogP contribution in [0, 0.1) is 6.92 Å². The Morgan fingerprint density at radius 3 is 2.35 bits per heavy atom. The summed E-state index contributed by atoms with van der Waals surface area (Å²) in [7, 11) is -3.45. The van der Waals surface area contributed by atoms with E-state index in [4.69, 9.17) is 0 Å². The average Bonchev–Trinajstić information content (AvgIpc) is 3.80. The number of sulfonamides is 1. The zero-order chi connectivity index (χ0) is 27.5. The second-order valence-corrected chi connectivity index (χ2v) is 12.4. The minimum atomic E-state index is -3.45. The van der Waals surface area contributed by atoms with Crippen molar-refractivity contribution < 1.29 is 8.42 Å². The van der Waals surface area contributed by atoms with Crippen molar-refractivity contribution >= 4 is 26.7 Å². The van der Waals surface area contributed by atoms with E-state index < -0.39 is 10.0 Å². The standard InChI is InChI=1S/C33H32N4O2S/c1-24-7-5-10-26(17-24)20-34-33-31-19-29(13-16-32(31)35-23-36-33)28-12-6-11-27(18-28)21-37(30-14-15-30)40(38,39)22-25-8-3-2-4-9-25/h2-13,16-19,23,30H,14-15,20-22H2,1H3,(H,34,35,36). The van der Waals surface area contributed by atoms with Crippen LogP contribution in [0.15, 0.2) is 103 Å². The summed E-state index contributed by atoms with van der Waals surface area (Å²) in [6.45, 7) is 3.13. The Hall–Kier alpha value is -4.07. The zero-order valence-electron chi connectivity index (χ0n) is 22.5. The number of nitrogens with zero attached hydrogens (tertiary/aromatic N) is 3. The van der Waals surface area contributed by atoms with Crippen molar-refractivity contribution in [3.8, 4) is 11.1 Å². The third-order valence-electron chi connectivity index (χ3n) is 7.28. The van der Waals surface area contributed by atoms with Gasteiger partial charge in [0, 0.05) is 24.5 Å². The molecule has 40 heavy (non-hydrogen) atoms. The molecule has 0 unspecified atom stereocenters. The molecule has 0 atom stereocenters. The number of benzene rings is 4. The summed E-state index contributed by atoms with van der Waals surface area (Å²) < 4.78 is 28.5. The molecule has 1 fully saturated rings. The molecule has 0 aliphatic heterocycles. The molecule has 1 saturated carbocycles. The van der Waals surface area contributed by atoms with Gasteiger partial charge in [-0.25, -0.2) is 18.4 Å². The van der Waals surface area contributed by atoms with Crippen molar-refractivity contribution in [2.24, 2.45) is 0 Å². The Labute approximate surface area is 235 Å². The van der Waals surface area contributed by atoms with Gasteiger partial charge in [-0.2, -0.15) is 4.31 Å². The summed E-state index contributed by atoms with van der Waals surface area (Å²) in [5.74, 6) is 0.809. The van der Waals surface area contributed by atoms with Gasteiger partial charge in [-0.15, -0.1) is 0 Å². The van der Waals surface area contributed by atoms with Gasteiger partial charge in [0.15, 0.2) is 0 Å². The number of nitrogens with one attached hydrogen (secondary N) is 1. The van der Waals surface area contributed by atoms with Gasteiger partial charge in [0.05, 0.1) is 11.3 Å². The zero-order valence-corrected chi connectivity index (χ0v) is 23.3. The van der Waals surface area contributed by atoms with Crippen molar-refractivity contribution in [2.45, 2.75) is 44.6 Å². The molecule has 6 nitrogen and oxygen atoms in total. The third kappa shape index (κ3) is 6.06. The van der Waals surface area contributed by atoms with E-state index in [-0.39, 0.29) is 11.8 Å². The van der Waals surface area contributed by atoms with E-state index in [1.807, 2.05) is 48.5 Å². The lowest BCUT2D eigenvalue weighted by atomic mass is 10.0. The highest BCUT2D eigenvalue weighted by molar-refractivity contribution is 7.88. The Balaban J connectivity index is 1.25. The lowest BCUT2D eigenvalue weighted by Crippen LogP contribution is -2.33. The van der Waals surface area contributed by atoms with Gasteiger partial charge in [-0.3, -0.25) is 0 Å². The van der Waals surface area contributed by atoms with Crippen LogP contribution in [0.4, 0.5) is 5.82 Å². The molecule has 1 aliphatic carbocycles. The normalized spacial score (nSPS) is 13.6. The van der Waals surface area contributed by atoms with Crippen LogP contribution < -0.4 is 5.32 Å². The van der Waals surface area contributed by atoms with Crippen LogP contribution in [0.25, 0.3) is 22.0 Å². The predicted molar refractivity (Wildman–Crippen MR) is 161 cm³/mol. The maximum Gasteiger partial charge on any atom is 0.218 e. The molecule has 1 aromatic heterocycles. The second-order valence-electron chi connectivity index (χ2n) is 10.5. The van der Waals surface area contributed by atoms with Crippen molar-refractivity contribution in [1.29, 1.82) is 0 Å². The van der Waals surface area contributed by atoms with E-state index in [2.05, 4.69) is 70.7 Å². The fourth-order valence-corrected chi connectivity index (χ4v) is 6.89. The quantitative estimate of drug-likeness (QED) is 0.210. The average molecular weight is 549 g/mol. The first-order valence-corrected chi connectivity index (χ1v) is 15.2. The summed E-state index contributed by atoms with van der Waals surface area (Å²) >= 11 is 0. The SMILES string of the molecule is Cc1cccc(CNc2ncnc3ccc(-c4cccc(CN(C5CC5)S(=O)(=O)Cc5ccccc5)c4)cc23)c1. The fourth-order valence-electron chi connectivity index (χ4n) is 5.10. The predicted octanol–water partition coefficient (Wildman–Crippen LogP) is 6.71. The first kappa shape index (κ1) is 26.2. The maximum absolute atomic E-state index is 13.4. The number of aromatic nitrogens is 2. The van der Waals surface area contributed by atoms with Gasteiger partial charge < -0.3 is 5.32 Å². The topological polar surface area (TPSA) is 75.2 Å². The molecule has 202 valence electrons. The first-order chi connectivity index (χ1) is 19.4. The maximum atomic E-state index is 13.4. The van der Waals surface area contributed by atoms with E-state index >= 15 is 0 Å². The highest BCUT2D eigenvalue weighted by Gasteiger charge is 2.37. The van der Waals surface area contributed by atoms with Crippen LogP contribution in [0.1, 0.15) is 35.1 Å². The summed E-state index contributed by atoms with van der Waals surface area (Å²) in [5.41, 5.74) is 7.14. The van der Waals surface area contributed by atoms with Crippen LogP contribution >= 0.6 is 0 Å². The van der Waals surface area contributed by atoms with E-state index in [1.165, 1.54) is 11.1 Å². The van der Waals surface area contributed by atoms with E-state index in [0.29, 0.717) is 13.1 Å². The number of rotatable bonds is 10. The molecule has 1 heterocycles. The molecule has 5 aromatic rings. The Morgan fingerprint density at radius 2 is 1.55 bits per heavy atom. The van der Waals surface area contributed by atoms with Crippen molar-refractivity contribution in [3.63, 3.8) is 0 Å². The minimum absolute atomic E-state index is 0.0209. The summed E-state index contributed by atoms with van der Waals surface area (Å²) in [6, 6.07) is 32.3. The smallest absolute Gasteiger partial charge is 0.218 e. The van der Waals surface area contributed by atoms with Crippen LogP contribution in [0.3, 0.4) is 0 Å². The Kier molecular flexibility index (Phi) is 7.32. The number of anilines is 1. The van der Waals surface area contributed by atoms with Crippen LogP contribution in [-0.4, -0.2) is 28.7 Å². The number of hydrogen-bond acceptors (Lipinski definition) is 5.